The maximum absolute atomic E-state index is 11.4. The summed E-state index contributed by atoms with van der Waals surface area (Å²) in [5.74, 6) is 0.529. The molecule has 0 heterocycles. The molecule has 106 valence electrons. The zero-order chi connectivity index (χ0) is 14.5. The number of hydrogen-bond donors (Lipinski definition) is 2. The van der Waals surface area contributed by atoms with Crippen LogP contribution in [0.5, 0.6) is 5.75 Å². The normalized spacial score (nSPS) is 10.9. The summed E-state index contributed by atoms with van der Waals surface area (Å²) in [6.07, 6.45) is -0.473. The molecule has 1 rings (SSSR count). The fourth-order valence-electron chi connectivity index (χ4n) is 1.26. The summed E-state index contributed by atoms with van der Waals surface area (Å²) in [4.78, 5) is 11.4. The zero-order valence-corrected chi connectivity index (χ0v) is 12.1. The number of rotatable bonds is 4. The van der Waals surface area contributed by atoms with Crippen LogP contribution in [0.1, 0.15) is 20.8 Å². The number of carbonyl (C=O) groups is 1. The number of ether oxygens (including phenoxy) is 2. The molecule has 1 aromatic carbocycles. The van der Waals surface area contributed by atoms with E-state index in [1.807, 2.05) is 0 Å². The number of anilines is 1. The second-order valence-electron chi connectivity index (χ2n) is 4.97. The molecule has 19 heavy (non-hydrogen) atoms. The molecule has 0 spiro atoms. The smallest absolute Gasteiger partial charge is 0.407 e. The summed E-state index contributed by atoms with van der Waals surface area (Å²) in [5.41, 5.74) is 5.63. The molecular weight excluding hydrogens is 268 g/mol. The monoisotopic (exact) mass is 286 g/mol. The molecule has 1 amide bonds. The van der Waals surface area contributed by atoms with Gasteiger partial charge >= 0.3 is 6.09 Å². The lowest BCUT2D eigenvalue weighted by molar-refractivity contribution is 0.0520. The summed E-state index contributed by atoms with van der Waals surface area (Å²) in [7, 11) is 0. The van der Waals surface area contributed by atoms with Gasteiger partial charge in [-0.15, -0.1) is 0 Å². The van der Waals surface area contributed by atoms with Crippen LogP contribution in [0.25, 0.3) is 0 Å². The average Bonchev–Trinajstić information content (AvgIpc) is 2.24. The fraction of sp³-hybridized carbons (Fsp3) is 0.462. The van der Waals surface area contributed by atoms with Crippen molar-refractivity contribution in [2.45, 2.75) is 26.4 Å². The number of nitrogens with one attached hydrogen (secondary N) is 1. The predicted octanol–water partition coefficient (Wildman–Crippen LogP) is 2.83. The highest BCUT2D eigenvalue weighted by molar-refractivity contribution is 6.32. The van der Waals surface area contributed by atoms with Gasteiger partial charge in [-0.2, -0.15) is 0 Å². The maximum atomic E-state index is 11.4. The third-order valence-electron chi connectivity index (χ3n) is 1.98. The SMILES string of the molecule is CC(C)(C)OC(=O)NCCOc1ccc(N)cc1Cl. The van der Waals surface area contributed by atoms with Crippen molar-refractivity contribution in [2.24, 2.45) is 0 Å². The molecular formula is C13H19ClN2O3. The molecule has 0 radical (unpaired) electrons. The number of carbonyl (C=O) groups excluding carboxylic acids is 1. The Morgan fingerprint density at radius 2 is 2.11 bits per heavy atom. The van der Waals surface area contributed by atoms with Crippen molar-refractivity contribution in [2.75, 3.05) is 18.9 Å². The van der Waals surface area contributed by atoms with Crippen LogP contribution in [0, 0.1) is 0 Å². The van der Waals surface area contributed by atoms with Gasteiger partial charge in [0.2, 0.25) is 0 Å². The third-order valence-corrected chi connectivity index (χ3v) is 2.28. The van der Waals surface area contributed by atoms with Crippen LogP contribution in [0.15, 0.2) is 18.2 Å². The van der Waals surface area contributed by atoms with Crippen molar-refractivity contribution in [3.63, 3.8) is 0 Å². The minimum Gasteiger partial charge on any atom is -0.490 e. The highest BCUT2D eigenvalue weighted by atomic mass is 35.5. The highest BCUT2D eigenvalue weighted by Crippen LogP contribution is 2.26. The Bertz CT molecular complexity index is 444. The average molecular weight is 287 g/mol. The summed E-state index contributed by atoms with van der Waals surface area (Å²) in [6, 6.07) is 4.99. The lowest BCUT2D eigenvalue weighted by atomic mass is 10.2. The zero-order valence-electron chi connectivity index (χ0n) is 11.3. The Morgan fingerprint density at radius 3 is 2.68 bits per heavy atom. The summed E-state index contributed by atoms with van der Waals surface area (Å²) >= 11 is 5.94. The van der Waals surface area contributed by atoms with Crippen LogP contribution in [0.3, 0.4) is 0 Å². The summed E-state index contributed by atoms with van der Waals surface area (Å²) < 4.78 is 10.5. The van der Waals surface area contributed by atoms with Gasteiger partial charge in [-0.25, -0.2) is 4.79 Å². The van der Waals surface area contributed by atoms with Crippen molar-refractivity contribution in [1.82, 2.24) is 5.32 Å². The number of nitrogen functional groups attached to an aromatic ring is 1. The highest BCUT2D eigenvalue weighted by Gasteiger charge is 2.15. The molecule has 0 bridgehead atoms. The molecule has 1 aromatic rings. The van der Waals surface area contributed by atoms with Gasteiger partial charge in [-0.1, -0.05) is 11.6 Å². The first-order valence-corrected chi connectivity index (χ1v) is 6.30. The van der Waals surface area contributed by atoms with Crippen LogP contribution in [0.2, 0.25) is 5.02 Å². The minimum atomic E-state index is -0.509. The van der Waals surface area contributed by atoms with Gasteiger partial charge in [0.1, 0.15) is 18.0 Å². The van der Waals surface area contributed by atoms with E-state index in [2.05, 4.69) is 5.32 Å². The van der Waals surface area contributed by atoms with Crippen molar-refractivity contribution in [3.8, 4) is 5.75 Å². The van der Waals surface area contributed by atoms with Crippen LogP contribution in [0.4, 0.5) is 10.5 Å². The lowest BCUT2D eigenvalue weighted by Gasteiger charge is -2.19. The van der Waals surface area contributed by atoms with Crippen molar-refractivity contribution >= 4 is 23.4 Å². The topological polar surface area (TPSA) is 73.6 Å². The first-order valence-electron chi connectivity index (χ1n) is 5.92. The standard InChI is InChI=1S/C13H19ClN2O3/c1-13(2,3)19-12(17)16-6-7-18-11-5-4-9(15)8-10(11)14/h4-5,8H,6-7,15H2,1-3H3,(H,16,17). The van der Waals surface area contributed by atoms with Crippen LogP contribution >= 0.6 is 11.6 Å². The molecule has 6 heteroatoms. The Kier molecular flexibility index (Phi) is 5.30. The van der Waals surface area contributed by atoms with Gasteiger partial charge in [-0.3, -0.25) is 0 Å². The molecule has 0 aliphatic heterocycles. The molecule has 3 N–H and O–H groups in total. The number of benzene rings is 1. The Hall–Kier alpha value is -1.62. The lowest BCUT2D eigenvalue weighted by Crippen LogP contribution is -2.34. The summed E-state index contributed by atoms with van der Waals surface area (Å²) in [6.45, 7) is 6.03. The Morgan fingerprint density at radius 1 is 1.42 bits per heavy atom. The van der Waals surface area contributed by atoms with E-state index in [4.69, 9.17) is 26.8 Å². The van der Waals surface area contributed by atoms with E-state index in [0.29, 0.717) is 29.6 Å². The molecule has 0 aliphatic carbocycles. The van der Waals surface area contributed by atoms with E-state index in [-0.39, 0.29) is 0 Å². The Balaban J connectivity index is 2.29. The van der Waals surface area contributed by atoms with Gasteiger partial charge < -0.3 is 20.5 Å². The van der Waals surface area contributed by atoms with Crippen LogP contribution in [-0.2, 0) is 4.74 Å². The quantitative estimate of drug-likeness (QED) is 0.659. The minimum absolute atomic E-state index is 0.295. The van der Waals surface area contributed by atoms with E-state index in [0.717, 1.165) is 0 Å². The maximum Gasteiger partial charge on any atom is 0.407 e. The van der Waals surface area contributed by atoms with E-state index in [1.54, 1.807) is 39.0 Å². The first-order chi connectivity index (χ1) is 8.78. The molecule has 0 aromatic heterocycles. The molecule has 0 saturated heterocycles. The van der Waals surface area contributed by atoms with Gasteiger partial charge in [0.05, 0.1) is 11.6 Å². The van der Waals surface area contributed by atoms with Crippen LogP contribution in [-0.4, -0.2) is 24.8 Å². The van der Waals surface area contributed by atoms with Gasteiger partial charge in [-0.05, 0) is 39.0 Å². The van der Waals surface area contributed by atoms with Gasteiger partial charge in [0.25, 0.3) is 0 Å². The number of nitrogens with two attached hydrogens (primary N) is 1. The number of hydrogen-bond acceptors (Lipinski definition) is 4. The molecule has 0 aliphatic rings. The predicted molar refractivity (Wildman–Crippen MR) is 75.6 cm³/mol. The number of alkyl carbamates (subject to hydrolysis) is 1. The van der Waals surface area contributed by atoms with Gasteiger partial charge in [0, 0.05) is 5.69 Å². The van der Waals surface area contributed by atoms with E-state index >= 15 is 0 Å². The van der Waals surface area contributed by atoms with Gasteiger partial charge in [0.15, 0.2) is 0 Å². The third kappa shape index (κ3) is 6.20. The largest absolute Gasteiger partial charge is 0.490 e. The Labute approximate surface area is 118 Å². The molecule has 0 fully saturated rings. The van der Waals surface area contributed by atoms with E-state index < -0.39 is 11.7 Å². The van der Waals surface area contributed by atoms with Crippen molar-refractivity contribution < 1.29 is 14.3 Å². The second-order valence-corrected chi connectivity index (χ2v) is 5.37. The fourth-order valence-corrected chi connectivity index (χ4v) is 1.51. The molecule has 0 unspecified atom stereocenters. The molecule has 0 atom stereocenters. The first kappa shape index (κ1) is 15.4. The van der Waals surface area contributed by atoms with E-state index in [9.17, 15) is 4.79 Å². The van der Waals surface area contributed by atoms with Crippen LogP contribution < -0.4 is 15.8 Å². The van der Waals surface area contributed by atoms with Crippen molar-refractivity contribution in [3.05, 3.63) is 23.2 Å². The molecule has 5 nitrogen and oxygen atoms in total. The second kappa shape index (κ2) is 6.52. The molecule has 0 saturated carbocycles. The summed E-state index contributed by atoms with van der Waals surface area (Å²) in [5, 5.41) is 3.03. The van der Waals surface area contributed by atoms with E-state index in [1.165, 1.54) is 0 Å². The number of halogens is 1. The van der Waals surface area contributed by atoms with Crippen molar-refractivity contribution in [1.29, 1.82) is 0 Å². The number of amides is 1.